The van der Waals surface area contributed by atoms with Gasteiger partial charge in [0.2, 0.25) is 0 Å². The predicted molar refractivity (Wildman–Crippen MR) is 80.2 cm³/mol. The fraction of sp³-hybridized carbons (Fsp3) is 0.250. The number of aryl methyl sites for hydroxylation is 2. The second-order valence-corrected chi connectivity index (χ2v) is 5.12. The molecule has 0 amide bonds. The summed E-state index contributed by atoms with van der Waals surface area (Å²) in [5.41, 5.74) is 9.69. The lowest BCUT2D eigenvalue weighted by Gasteiger charge is -2.12. The van der Waals surface area contributed by atoms with E-state index in [9.17, 15) is 0 Å². The van der Waals surface area contributed by atoms with Gasteiger partial charge in [0.1, 0.15) is 0 Å². The molecule has 0 bridgehead atoms. The molecule has 3 rings (SSSR count). The van der Waals surface area contributed by atoms with Gasteiger partial charge in [-0.05, 0) is 42.2 Å². The Labute approximate surface area is 118 Å². The van der Waals surface area contributed by atoms with Crippen LogP contribution < -0.4 is 5.73 Å². The van der Waals surface area contributed by atoms with Crippen LogP contribution in [-0.2, 0) is 13.5 Å². The van der Waals surface area contributed by atoms with Crippen LogP contribution in [-0.4, -0.2) is 14.8 Å². The summed E-state index contributed by atoms with van der Waals surface area (Å²) in [6, 6.07) is 10.3. The number of nitrogens with two attached hydrogens (primary N) is 1. The van der Waals surface area contributed by atoms with Crippen LogP contribution in [0.15, 0.2) is 48.9 Å². The molecule has 4 nitrogen and oxygen atoms in total. The maximum Gasteiger partial charge on any atom is 0.0702 e. The molecule has 2 aromatic heterocycles. The number of hydrogen-bond acceptors (Lipinski definition) is 3. The predicted octanol–water partition coefficient (Wildman–Crippen LogP) is 2.60. The Morgan fingerprint density at radius 3 is 3.00 bits per heavy atom. The SMILES string of the molecule is Cn1cc(CCC(N)c2ccc3ncccc3c2)cn1. The smallest absolute Gasteiger partial charge is 0.0702 e. The van der Waals surface area contributed by atoms with Crippen LogP contribution in [0.3, 0.4) is 0 Å². The number of nitrogens with zero attached hydrogens (tertiary/aromatic N) is 3. The third-order valence-corrected chi connectivity index (χ3v) is 3.56. The van der Waals surface area contributed by atoms with Gasteiger partial charge < -0.3 is 5.73 Å². The number of benzene rings is 1. The first-order valence-corrected chi connectivity index (χ1v) is 6.80. The van der Waals surface area contributed by atoms with Crippen molar-refractivity contribution in [2.24, 2.45) is 12.8 Å². The van der Waals surface area contributed by atoms with Gasteiger partial charge in [0, 0.05) is 30.9 Å². The average molecular weight is 266 g/mol. The summed E-state index contributed by atoms with van der Waals surface area (Å²) < 4.78 is 1.82. The largest absolute Gasteiger partial charge is 0.324 e. The molecule has 0 aliphatic carbocycles. The Morgan fingerprint density at radius 1 is 1.30 bits per heavy atom. The quantitative estimate of drug-likeness (QED) is 0.789. The van der Waals surface area contributed by atoms with E-state index in [2.05, 4.69) is 28.3 Å². The van der Waals surface area contributed by atoms with Gasteiger partial charge in [-0.2, -0.15) is 5.10 Å². The zero-order chi connectivity index (χ0) is 13.9. The molecule has 1 aromatic carbocycles. The second-order valence-electron chi connectivity index (χ2n) is 5.12. The highest BCUT2D eigenvalue weighted by atomic mass is 15.2. The highest BCUT2D eigenvalue weighted by molar-refractivity contribution is 5.79. The van der Waals surface area contributed by atoms with Crippen molar-refractivity contribution in [1.29, 1.82) is 0 Å². The van der Waals surface area contributed by atoms with Gasteiger partial charge in [-0.25, -0.2) is 0 Å². The van der Waals surface area contributed by atoms with Gasteiger partial charge in [-0.3, -0.25) is 9.67 Å². The molecule has 0 fully saturated rings. The maximum absolute atomic E-state index is 6.29. The first-order valence-electron chi connectivity index (χ1n) is 6.80. The summed E-state index contributed by atoms with van der Waals surface area (Å²) in [5, 5.41) is 5.32. The molecule has 0 saturated heterocycles. The van der Waals surface area contributed by atoms with Gasteiger partial charge in [0.15, 0.2) is 0 Å². The molecule has 2 N–H and O–H groups in total. The third-order valence-electron chi connectivity index (χ3n) is 3.56. The minimum Gasteiger partial charge on any atom is -0.324 e. The number of hydrogen-bond donors (Lipinski definition) is 1. The van der Waals surface area contributed by atoms with Crippen molar-refractivity contribution in [2.75, 3.05) is 0 Å². The van der Waals surface area contributed by atoms with E-state index in [1.165, 1.54) is 5.56 Å². The summed E-state index contributed by atoms with van der Waals surface area (Å²) in [7, 11) is 1.93. The Bertz CT molecular complexity index is 717. The van der Waals surface area contributed by atoms with Crippen LogP contribution in [0.4, 0.5) is 0 Å². The Hall–Kier alpha value is -2.20. The summed E-state index contributed by atoms with van der Waals surface area (Å²) in [4.78, 5) is 4.33. The second kappa shape index (κ2) is 5.43. The third kappa shape index (κ3) is 2.70. The first-order chi connectivity index (χ1) is 9.72. The normalized spacial score (nSPS) is 12.7. The number of fused-ring (bicyclic) bond motifs is 1. The van der Waals surface area contributed by atoms with Crippen LogP contribution in [0.2, 0.25) is 0 Å². The lowest BCUT2D eigenvalue weighted by Crippen LogP contribution is -2.11. The molecule has 1 atom stereocenters. The van der Waals surface area contributed by atoms with E-state index in [-0.39, 0.29) is 6.04 Å². The van der Waals surface area contributed by atoms with Crippen LogP contribution in [0.1, 0.15) is 23.6 Å². The lowest BCUT2D eigenvalue weighted by atomic mass is 9.99. The highest BCUT2D eigenvalue weighted by Crippen LogP contribution is 2.21. The molecule has 102 valence electrons. The fourth-order valence-corrected chi connectivity index (χ4v) is 2.41. The van der Waals surface area contributed by atoms with Gasteiger partial charge in [-0.15, -0.1) is 0 Å². The lowest BCUT2D eigenvalue weighted by molar-refractivity contribution is 0.651. The molecule has 2 heterocycles. The van der Waals surface area contributed by atoms with Crippen LogP contribution in [0.25, 0.3) is 10.9 Å². The van der Waals surface area contributed by atoms with Gasteiger partial charge >= 0.3 is 0 Å². The molecule has 0 spiro atoms. The first kappa shape index (κ1) is 12.8. The summed E-state index contributed by atoms with van der Waals surface area (Å²) in [5.74, 6) is 0. The van der Waals surface area contributed by atoms with E-state index in [4.69, 9.17) is 5.73 Å². The van der Waals surface area contributed by atoms with Gasteiger partial charge in [-0.1, -0.05) is 12.1 Å². The van der Waals surface area contributed by atoms with Crippen molar-refractivity contribution in [3.63, 3.8) is 0 Å². The average Bonchev–Trinajstić information content (AvgIpc) is 2.90. The van der Waals surface area contributed by atoms with E-state index >= 15 is 0 Å². The zero-order valence-electron chi connectivity index (χ0n) is 11.5. The van der Waals surface area contributed by atoms with E-state index in [0.29, 0.717) is 0 Å². The molecule has 3 aromatic rings. The van der Waals surface area contributed by atoms with E-state index < -0.39 is 0 Å². The molecule has 0 saturated carbocycles. The van der Waals surface area contributed by atoms with Crippen molar-refractivity contribution in [3.05, 3.63) is 60.0 Å². The molecule has 1 unspecified atom stereocenters. The summed E-state index contributed by atoms with van der Waals surface area (Å²) in [6.45, 7) is 0. The summed E-state index contributed by atoms with van der Waals surface area (Å²) >= 11 is 0. The molecule has 0 radical (unpaired) electrons. The fourth-order valence-electron chi connectivity index (χ4n) is 2.41. The van der Waals surface area contributed by atoms with Crippen molar-refractivity contribution in [2.45, 2.75) is 18.9 Å². The molecular formula is C16H18N4. The standard InChI is InChI=1S/C16H18N4/c1-20-11-12(10-19-20)4-6-15(17)13-5-7-16-14(9-13)3-2-8-18-16/h2-3,5,7-11,15H,4,6,17H2,1H3. The summed E-state index contributed by atoms with van der Waals surface area (Å²) in [6.07, 6.45) is 7.61. The minimum absolute atomic E-state index is 0.0415. The van der Waals surface area contributed by atoms with Crippen molar-refractivity contribution >= 4 is 10.9 Å². The van der Waals surface area contributed by atoms with Crippen molar-refractivity contribution < 1.29 is 0 Å². The van der Waals surface area contributed by atoms with Gasteiger partial charge in [0.25, 0.3) is 0 Å². The molecule has 4 heteroatoms. The number of pyridine rings is 1. The Balaban J connectivity index is 1.73. The monoisotopic (exact) mass is 266 g/mol. The zero-order valence-corrected chi connectivity index (χ0v) is 11.5. The maximum atomic E-state index is 6.29. The van der Waals surface area contributed by atoms with Crippen LogP contribution in [0, 0.1) is 0 Å². The molecule has 0 aliphatic rings. The number of rotatable bonds is 4. The highest BCUT2D eigenvalue weighted by Gasteiger charge is 2.08. The topological polar surface area (TPSA) is 56.7 Å². The van der Waals surface area contributed by atoms with Gasteiger partial charge in [0.05, 0.1) is 11.7 Å². The molecule has 20 heavy (non-hydrogen) atoms. The Morgan fingerprint density at radius 2 is 2.20 bits per heavy atom. The van der Waals surface area contributed by atoms with Crippen molar-refractivity contribution in [1.82, 2.24) is 14.8 Å². The van der Waals surface area contributed by atoms with Crippen molar-refractivity contribution in [3.8, 4) is 0 Å². The number of aromatic nitrogens is 3. The van der Waals surface area contributed by atoms with E-state index in [1.807, 2.05) is 42.5 Å². The Kier molecular flexibility index (Phi) is 3.48. The van der Waals surface area contributed by atoms with Crippen LogP contribution in [0.5, 0.6) is 0 Å². The van der Waals surface area contributed by atoms with Crippen LogP contribution >= 0.6 is 0 Å². The minimum atomic E-state index is 0.0415. The van der Waals surface area contributed by atoms with E-state index in [1.54, 1.807) is 0 Å². The molecule has 0 aliphatic heterocycles. The molecular weight excluding hydrogens is 248 g/mol. The van der Waals surface area contributed by atoms with E-state index in [0.717, 1.165) is 29.3 Å².